The van der Waals surface area contributed by atoms with E-state index in [9.17, 15) is 5.11 Å². The van der Waals surface area contributed by atoms with Crippen LogP contribution in [0.5, 0.6) is 0 Å². The van der Waals surface area contributed by atoms with E-state index in [2.05, 4.69) is 13.8 Å². The van der Waals surface area contributed by atoms with Gasteiger partial charge in [-0.2, -0.15) is 0 Å². The normalized spacial score (nSPS) is 13.9. The molecule has 1 N–H and O–H groups in total. The lowest BCUT2D eigenvalue weighted by atomic mass is 10.0. The Kier molecular flexibility index (Phi) is 6.63. The third-order valence-electron chi connectivity index (χ3n) is 2.04. The molecule has 0 aromatic carbocycles. The first kappa shape index (κ1) is 11.0. The Bertz CT molecular complexity index is 78.9. The van der Waals surface area contributed by atoms with Crippen LogP contribution < -0.4 is 0 Å². The minimum Gasteiger partial charge on any atom is -0.393 e. The quantitative estimate of drug-likeness (QED) is 0.589. The molecular formula is C10H22O. The second-order valence-corrected chi connectivity index (χ2v) is 3.74. The largest absolute Gasteiger partial charge is 0.393 e. The molecule has 11 heavy (non-hydrogen) atoms. The lowest BCUT2D eigenvalue weighted by Crippen LogP contribution is -2.03. The van der Waals surface area contributed by atoms with Gasteiger partial charge >= 0.3 is 0 Å². The van der Waals surface area contributed by atoms with Gasteiger partial charge in [0.1, 0.15) is 0 Å². The molecule has 0 radical (unpaired) electrons. The first-order chi connectivity index (χ1) is 5.16. The second kappa shape index (κ2) is 6.66. The maximum Gasteiger partial charge on any atom is 0.0537 e. The van der Waals surface area contributed by atoms with Crippen molar-refractivity contribution in [1.82, 2.24) is 0 Å². The van der Waals surface area contributed by atoms with Gasteiger partial charge in [0, 0.05) is 0 Å². The molecule has 1 nitrogen and oxygen atoms in total. The van der Waals surface area contributed by atoms with E-state index in [-0.39, 0.29) is 6.10 Å². The summed E-state index contributed by atoms with van der Waals surface area (Å²) in [6.45, 7) is 6.53. The lowest BCUT2D eigenvalue weighted by molar-refractivity contribution is 0.156. The van der Waals surface area contributed by atoms with Gasteiger partial charge in [-0.15, -0.1) is 0 Å². The fraction of sp³-hybridized carbons (Fsp3) is 1.00. The van der Waals surface area contributed by atoms with Gasteiger partial charge < -0.3 is 5.11 Å². The molecule has 0 spiro atoms. The van der Waals surface area contributed by atoms with Gasteiger partial charge in [0.15, 0.2) is 0 Å². The zero-order valence-electron chi connectivity index (χ0n) is 8.14. The smallest absolute Gasteiger partial charge is 0.0537 e. The molecule has 0 aromatic rings. The predicted molar refractivity (Wildman–Crippen MR) is 49.6 cm³/mol. The lowest BCUT2D eigenvalue weighted by Gasteiger charge is -2.07. The average molecular weight is 158 g/mol. The van der Waals surface area contributed by atoms with Crippen LogP contribution in [-0.2, 0) is 0 Å². The summed E-state index contributed by atoms with van der Waals surface area (Å²) >= 11 is 0. The Balaban J connectivity index is 3.01. The van der Waals surface area contributed by atoms with Crippen molar-refractivity contribution in [3.63, 3.8) is 0 Å². The first-order valence-electron chi connectivity index (χ1n) is 4.84. The molecule has 0 amide bonds. The van der Waals surface area contributed by atoms with Crippen molar-refractivity contribution in [2.24, 2.45) is 5.92 Å². The van der Waals surface area contributed by atoms with E-state index >= 15 is 0 Å². The Hall–Kier alpha value is -0.0400. The number of unbranched alkanes of at least 4 members (excludes halogenated alkanes) is 1. The summed E-state index contributed by atoms with van der Waals surface area (Å²) in [4.78, 5) is 0. The molecule has 0 saturated carbocycles. The molecule has 0 aliphatic heterocycles. The van der Waals surface area contributed by atoms with Crippen molar-refractivity contribution < 1.29 is 5.11 Å². The third-order valence-corrected chi connectivity index (χ3v) is 2.04. The van der Waals surface area contributed by atoms with E-state index < -0.39 is 0 Å². The standard InChI is InChI=1S/C10H22O/c1-4-10(11)8-6-5-7-9(2)3/h9-11H,4-8H2,1-3H3. The molecule has 0 bridgehead atoms. The van der Waals surface area contributed by atoms with Gasteiger partial charge in [0.05, 0.1) is 6.10 Å². The minimum absolute atomic E-state index is 0.0536. The van der Waals surface area contributed by atoms with Crippen molar-refractivity contribution in [2.75, 3.05) is 0 Å². The van der Waals surface area contributed by atoms with Crippen molar-refractivity contribution in [3.8, 4) is 0 Å². The molecule has 68 valence electrons. The van der Waals surface area contributed by atoms with Gasteiger partial charge in [0.2, 0.25) is 0 Å². The Labute approximate surface area is 70.8 Å². The summed E-state index contributed by atoms with van der Waals surface area (Å²) in [5, 5.41) is 9.22. The van der Waals surface area contributed by atoms with Gasteiger partial charge in [-0.1, -0.05) is 40.0 Å². The monoisotopic (exact) mass is 158 g/mol. The molecular weight excluding hydrogens is 136 g/mol. The van der Waals surface area contributed by atoms with Crippen LogP contribution >= 0.6 is 0 Å². The van der Waals surface area contributed by atoms with Crippen LogP contribution in [0, 0.1) is 5.92 Å². The Morgan fingerprint density at radius 1 is 1.09 bits per heavy atom. The summed E-state index contributed by atoms with van der Waals surface area (Å²) in [6, 6.07) is 0. The number of aliphatic hydroxyl groups excluding tert-OH is 1. The van der Waals surface area contributed by atoms with E-state index in [4.69, 9.17) is 0 Å². The highest BCUT2D eigenvalue weighted by Gasteiger charge is 2.00. The van der Waals surface area contributed by atoms with E-state index in [1.165, 1.54) is 19.3 Å². The SMILES string of the molecule is CCC(O)CCCCC(C)C. The molecule has 0 aromatic heterocycles. The molecule has 0 saturated heterocycles. The van der Waals surface area contributed by atoms with E-state index in [1.54, 1.807) is 0 Å². The first-order valence-corrected chi connectivity index (χ1v) is 4.84. The van der Waals surface area contributed by atoms with Gasteiger partial charge in [-0.25, -0.2) is 0 Å². The van der Waals surface area contributed by atoms with E-state index in [0.29, 0.717) is 0 Å². The Morgan fingerprint density at radius 3 is 2.09 bits per heavy atom. The molecule has 1 heteroatoms. The van der Waals surface area contributed by atoms with Crippen LogP contribution in [0.3, 0.4) is 0 Å². The highest BCUT2D eigenvalue weighted by atomic mass is 16.3. The van der Waals surface area contributed by atoms with Crippen molar-refractivity contribution in [1.29, 1.82) is 0 Å². The van der Waals surface area contributed by atoms with Crippen LogP contribution in [0.15, 0.2) is 0 Å². The summed E-state index contributed by atoms with van der Waals surface area (Å²) in [6.07, 6.45) is 5.60. The number of aliphatic hydroxyl groups is 1. The highest BCUT2D eigenvalue weighted by molar-refractivity contribution is 4.53. The average Bonchev–Trinajstić information content (AvgIpc) is 1.97. The van der Waals surface area contributed by atoms with Crippen LogP contribution in [0.25, 0.3) is 0 Å². The van der Waals surface area contributed by atoms with Crippen LogP contribution in [0.4, 0.5) is 0 Å². The zero-order valence-corrected chi connectivity index (χ0v) is 8.14. The highest BCUT2D eigenvalue weighted by Crippen LogP contribution is 2.10. The van der Waals surface area contributed by atoms with Crippen molar-refractivity contribution in [3.05, 3.63) is 0 Å². The Morgan fingerprint density at radius 2 is 1.64 bits per heavy atom. The molecule has 0 rings (SSSR count). The molecule has 0 heterocycles. The van der Waals surface area contributed by atoms with Crippen molar-refractivity contribution >= 4 is 0 Å². The molecule has 0 fully saturated rings. The van der Waals surface area contributed by atoms with Gasteiger partial charge in [-0.3, -0.25) is 0 Å². The second-order valence-electron chi connectivity index (χ2n) is 3.74. The van der Waals surface area contributed by atoms with Crippen LogP contribution in [0.1, 0.15) is 52.9 Å². The third kappa shape index (κ3) is 7.86. The zero-order chi connectivity index (χ0) is 8.69. The van der Waals surface area contributed by atoms with Gasteiger partial charge in [-0.05, 0) is 18.8 Å². The molecule has 1 unspecified atom stereocenters. The molecule has 0 aliphatic rings. The summed E-state index contributed by atoms with van der Waals surface area (Å²) in [5.74, 6) is 0.814. The topological polar surface area (TPSA) is 20.2 Å². The summed E-state index contributed by atoms with van der Waals surface area (Å²) < 4.78 is 0. The van der Waals surface area contributed by atoms with Gasteiger partial charge in [0.25, 0.3) is 0 Å². The van der Waals surface area contributed by atoms with Crippen LogP contribution in [-0.4, -0.2) is 11.2 Å². The maximum atomic E-state index is 9.22. The molecule has 0 aliphatic carbocycles. The minimum atomic E-state index is -0.0536. The summed E-state index contributed by atoms with van der Waals surface area (Å²) in [5.41, 5.74) is 0. The number of rotatable bonds is 6. The van der Waals surface area contributed by atoms with Crippen LogP contribution in [0.2, 0.25) is 0 Å². The number of hydrogen-bond donors (Lipinski definition) is 1. The summed E-state index contributed by atoms with van der Waals surface area (Å²) in [7, 11) is 0. The maximum absolute atomic E-state index is 9.22. The molecule has 1 atom stereocenters. The van der Waals surface area contributed by atoms with E-state index in [0.717, 1.165) is 18.8 Å². The fourth-order valence-corrected chi connectivity index (χ4v) is 1.14. The predicted octanol–water partition coefficient (Wildman–Crippen LogP) is 2.97. The van der Waals surface area contributed by atoms with E-state index in [1.807, 2.05) is 6.92 Å². The fourth-order valence-electron chi connectivity index (χ4n) is 1.14. The number of hydrogen-bond acceptors (Lipinski definition) is 1. The van der Waals surface area contributed by atoms with Crippen molar-refractivity contribution in [2.45, 2.75) is 59.0 Å².